The summed E-state index contributed by atoms with van der Waals surface area (Å²) in [6.07, 6.45) is 1.06. The van der Waals surface area contributed by atoms with Crippen LogP contribution >= 0.6 is 38.6 Å². The molecule has 0 saturated carbocycles. The number of nitrogens with one attached hydrogen (secondary N) is 2. The molecule has 0 saturated heterocycles. The molecule has 26 heavy (non-hydrogen) atoms. The summed E-state index contributed by atoms with van der Waals surface area (Å²) in [5.74, 6) is 0.776. The van der Waals surface area contributed by atoms with E-state index in [4.69, 9.17) is 10.2 Å². The van der Waals surface area contributed by atoms with Crippen molar-refractivity contribution in [2.75, 3.05) is 18.4 Å². The van der Waals surface area contributed by atoms with Gasteiger partial charge in [0, 0.05) is 33.9 Å². The van der Waals surface area contributed by atoms with E-state index in [-0.39, 0.29) is 0 Å². The van der Waals surface area contributed by atoms with Crippen LogP contribution < -0.4 is 10.6 Å². The fourth-order valence-corrected chi connectivity index (χ4v) is 4.69. The number of anilines is 1. The van der Waals surface area contributed by atoms with E-state index < -0.39 is 0 Å². The van der Waals surface area contributed by atoms with E-state index in [1.54, 1.807) is 23.5 Å². The van der Waals surface area contributed by atoms with Crippen LogP contribution in [0.2, 0.25) is 0 Å². The summed E-state index contributed by atoms with van der Waals surface area (Å²) in [7, 11) is 0. The minimum atomic E-state index is 0.617. The average molecular weight is 445 g/mol. The summed E-state index contributed by atoms with van der Waals surface area (Å²) in [4.78, 5) is 13.7. The van der Waals surface area contributed by atoms with E-state index in [0.29, 0.717) is 5.56 Å². The molecule has 0 bridgehead atoms. The lowest BCUT2D eigenvalue weighted by Crippen LogP contribution is -2.35. The number of hydrogen-bond donors (Lipinski definition) is 2. The SMILES string of the molecule is N#Cc1ccc(-c2nc(-c3csc(NC4=NCCCN4)n3)cs2)c(Br)c1. The molecule has 3 aromatic rings. The van der Waals surface area contributed by atoms with Crippen molar-refractivity contribution in [3.8, 4) is 28.0 Å². The second-order valence-corrected chi connectivity index (χ2v) is 8.09. The van der Waals surface area contributed by atoms with Gasteiger partial charge in [0.1, 0.15) is 16.4 Å². The first-order valence-electron chi connectivity index (χ1n) is 7.90. The largest absolute Gasteiger partial charge is 0.356 e. The average Bonchev–Trinajstić information content (AvgIpc) is 3.32. The van der Waals surface area contributed by atoms with Crippen LogP contribution in [0.5, 0.6) is 0 Å². The number of halogens is 1. The number of thiazole rings is 2. The molecule has 130 valence electrons. The molecule has 0 spiro atoms. The summed E-state index contributed by atoms with van der Waals surface area (Å²) in [6.45, 7) is 1.77. The minimum absolute atomic E-state index is 0.617. The molecule has 0 radical (unpaired) electrons. The van der Waals surface area contributed by atoms with Crippen LogP contribution in [-0.2, 0) is 0 Å². The quantitative estimate of drug-likeness (QED) is 0.627. The molecule has 9 heteroatoms. The molecule has 1 aliphatic heterocycles. The Morgan fingerprint density at radius 3 is 2.81 bits per heavy atom. The second kappa shape index (κ2) is 7.53. The predicted molar refractivity (Wildman–Crippen MR) is 110 cm³/mol. The monoisotopic (exact) mass is 444 g/mol. The van der Waals surface area contributed by atoms with Crippen LogP contribution in [0.25, 0.3) is 22.0 Å². The summed E-state index contributed by atoms with van der Waals surface area (Å²) in [6, 6.07) is 7.65. The van der Waals surface area contributed by atoms with Gasteiger partial charge in [-0.2, -0.15) is 5.26 Å². The molecule has 1 aromatic carbocycles. The van der Waals surface area contributed by atoms with Crippen molar-refractivity contribution in [1.29, 1.82) is 5.26 Å². The fourth-order valence-electron chi connectivity index (χ4n) is 2.44. The Labute approximate surface area is 166 Å². The lowest BCUT2D eigenvalue weighted by Gasteiger charge is -2.13. The Hall–Kier alpha value is -2.28. The van der Waals surface area contributed by atoms with Crippen LogP contribution in [-0.4, -0.2) is 29.0 Å². The number of rotatable bonds is 3. The van der Waals surface area contributed by atoms with Gasteiger partial charge in [-0.15, -0.1) is 22.7 Å². The van der Waals surface area contributed by atoms with Gasteiger partial charge in [-0.1, -0.05) is 15.9 Å². The summed E-state index contributed by atoms with van der Waals surface area (Å²) in [5, 5.41) is 21.1. The van der Waals surface area contributed by atoms with Crippen molar-refractivity contribution in [2.45, 2.75) is 6.42 Å². The minimum Gasteiger partial charge on any atom is -0.356 e. The number of nitriles is 1. The molecule has 4 rings (SSSR count). The summed E-state index contributed by atoms with van der Waals surface area (Å²) in [5.41, 5.74) is 3.26. The van der Waals surface area contributed by atoms with Crippen molar-refractivity contribution in [3.05, 3.63) is 39.0 Å². The molecule has 0 aliphatic carbocycles. The highest BCUT2D eigenvalue weighted by Gasteiger charge is 2.13. The number of nitrogens with zero attached hydrogens (tertiary/aromatic N) is 4. The lowest BCUT2D eigenvalue weighted by atomic mass is 10.1. The maximum absolute atomic E-state index is 8.99. The first kappa shape index (κ1) is 17.1. The first-order chi connectivity index (χ1) is 12.7. The van der Waals surface area contributed by atoms with E-state index in [9.17, 15) is 0 Å². The third-order valence-electron chi connectivity index (χ3n) is 3.72. The number of aromatic nitrogens is 2. The normalized spacial score (nSPS) is 13.6. The van der Waals surface area contributed by atoms with Crippen molar-refractivity contribution >= 4 is 49.7 Å². The zero-order valence-corrected chi connectivity index (χ0v) is 16.7. The predicted octanol–water partition coefficient (Wildman–Crippen LogP) is 4.33. The van der Waals surface area contributed by atoms with Crippen LogP contribution in [0, 0.1) is 11.3 Å². The van der Waals surface area contributed by atoms with Gasteiger partial charge in [-0.25, -0.2) is 9.97 Å². The highest BCUT2D eigenvalue weighted by atomic mass is 79.9. The molecule has 0 fully saturated rings. The van der Waals surface area contributed by atoms with Crippen LogP contribution in [0.3, 0.4) is 0 Å². The Kier molecular flexibility index (Phi) is 4.97. The lowest BCUT2D eigenvalue weighted by molar-refractivity contribution is 0.740. The van der Waals surface area contributed by atoms with Crippen molar-refractivity contribution in [2.24, 2.45) is 4.99 Å². The van der Waals surface area contributed by atoms with Crippen LogP contribution in [0.4, 0.5) is 5.13 Å². The molecule has 0 atom stereocenters. The van der Waals surface area contributed by atoms with Crippen LogP contribution in [0.15, 0.2) is 38.4 Å². The van der Waals surface area contributed by atoms with Gasteiger partial charge in [0.2, 0.25) is 0 Å². The van der Waals surface area contributed by atoms with Crippen LogP contribution in [0.1, 0.15) is 12.0 Å². The van der Waals surface area contributed by atoms with E-state index >= 15 is 0 Å². The molecular formula is C17H13BrN6S2. The fraction of sp³-hybridized carbons (Fsp3) is 0.176. The second-order valence-electron chi connectivity index (χ2n) is 5.52. The van der Waals surface area contributed by atoms with Gasteiger partial charge in [0.15, 0.2) is 11.1 Å². The van der Waals surface area contributed by atoms with Gasteiger partial charge in [-0.05, 0) is 24.6 Å². The van der Waals surface area contributed by atoms with Gasteiger partial charge in [0.25, 0.3) is 0 Å². The third kappa shape index (κ3) is 3.62. The van der Waals surface area contributed by atoms with Crippen molar-refractivity contribution < 1.29 is 0 Å². The van der Waals surface area contributed by atoms with Gasteiger partial charge >= 0.3 is 0 Å². The molecule has 6 nitrogen and oxygen atoms in total. The third-order valence-corrected chi connectivity index (χ3v) is 6.01. The molecular weight excluding hydrogens is 432 g/mol. The number of aliphatic imine (C=N–C) groups is 1. The van der Waals surface area contributed by atoms with E-state index in [0.717, 1.165) is 57.0 Å². The smallest absolute Gasteiger partial charge is 0.197 e. The van der Waals surface area contributed by atoms with Gasteiger partial charge in [0.05, 0.1) is 11.6 Å². The standard InChI is InChI=1S/C17H13BrN6S2/c18-12-6-10(7-19)2-3-11(12)15-22-13(8-25-15)14-9-26-17(23-14)24-16-20-4-1-5-21-16/h2-3,6,8-9H,1,4-5H2,(H2,20,21,23,24). The number of benzene rings is 1. The Bertz CT molecular complexity index is 1020. The first-order valence-corrected chi connectivity index (χ1v) is 10.4. The molecule has 1 aliphatic rings. The van der Waals surface area contributed by atoms with E-state index in [1.807, 2.05) is 16.8 Å². The molecule has 0 amide bonds. The van der Waals surface area contributed by atoms with Crippen molar-refractivity contribution in [3.63, 3.8) is 0 Å². The molecule has 3 heterocycles. The number of guanidine groups is 1. The summed E-state index contributed by atoms with van der Waals surface area (Å²) >= 11 is 6.60. The molecule has 2 aromatic heterocycles. The zero-order chi connectivity index (χ0) is 17.9. The maximum atomic E-state index is 8.99. The Balaban J connectivity index is 1.55. The number of hydrogen-bond acceptors (Lipinski definition) is 8. The van der Waals surface area contributed by atoms with Gasteiger partial charge < -0.3 is 10.6 Å². The zero-order valence-electron chi connectivity index (χ0n) is 13.5. The summed E-state index contributed by atoms with van der Waals surface area (Å²) < 4.78 is 0.861. The van der Waals surface area contributed by atoms with E-state index in [2.05, 4.69) is 42.6 Å². The molecule has 2 N–H and O–H groups in total. The van der Waals surface area contributed by atoms with Crippen molar-refractivity contribution in [1.82, 2.24) is 15.3 Å². The molecule has 0 unspecified atom stereocenters. The maximum Gasteiger partial charge on any atom is 0.197 e. The highest BCUT2D eigenvalue weighted by Crippen LogP contribution is 2.34. The topological polar surface area (TPSA) is 86.0 Å². The Morgan fingerprint density at radius 1 is 1.19 bits per heavy atom. The van der Waals surface area contributed by atoms with E-state index in [1.165, 1.54) is 11.3 Å². The van der Waals surface area contributed by atoms with Gasteiger partial charge in [-0.3, -0.25) is 4.99 Å². The Morgan fingerprint density at radius 2 is 2.04 bits per heavy atom. The highest BCUT2D eigenvalue weighted by molar-refractivity contribution is 9.10.